The molecule has 0 aliphatic heterocycles. The zero-order valence-corrected chi connectivity index (χ0v) is 13.5. The first kappa shape index (κ1) is 16.9. The molecule has 1 N–H and O–H groups in total. The molecule has 3 heteroatoms. The van der Waals surface area contributed by atoms with Crippen LogP contribution in [0, 0.1) is 5.92 Å². The van der Waals surface area contributed by atoms with Gasteiger partial charge in [-0.15, -0.1) is 0 Å². The zero-order valence-electron chi connectivity index (χ0n) is 13.5. The number of rotatable bonds is 10. The Labute approximate surface area is 120 Å². The van der Waals surface area contributed by atoms with Crippen molar-refractivity contribution in [1.29, 1.82) is 0 Å². The first-order valence-electron chi connectivity index (χ1n) is 8.10. The van der Waals surface area contributed by atoms with Gasteiger partial charge < -0.3 is 10.1 Å². The van der Waals surface area contributed by atoms with Crippen molar-refractivity contribution < 1.29 is 4.74 Å². The maximum absolute atomic E-state index is 5.08. The third-order valence-corrected chi connectivity index (χ3v) is 4.08. The molecule has 3 nitrogen and oxygen atoms in total. The van der Waals surface area contributed by atoms with Gasteiger partial charge in [-0.05, 0) is 38.6 Å². The summed E-state index contributed by atoms with van der Waals surface area (Å²) in [6, 6.07) is 1.48. The molecule has 1 saturated carbocycles. The lowest BCUT2D eigenvalue weighted by Crippen LogP contribution is -2.47. The van der Waals surface area contributed by atoms with Crippen molar-refractivity contribution in [3.8, 4) is 0 Å². The Morgan fingerprint density at radius 3 is 2.47 bits per heavy atom. The molecule has 1 unspecified atom stereocenters. The van der Waals surface area contributed by atoms with E-state index >= 15 is 0 Å². The molecular formula is C16H34N2O. The third-order valence-electron chi connectivity index (χ3n) is 4.08. The van der Waals surface area contributed by atoms with Crippen LogP contribution in [0.4, 0.5) is 0 Å². The van der Waals surface area contributed by atoms with Crippen LogP contribution in [-0.2, 0) is 4.74 Å². The molecular weight excluding hydrogens is 236 g/mol. The Morgan fingerprint density at radius 1 is 1.21 bits per heavy atom. The van der Waals surface area contributed by atoms with Crippen molar-refractivity contribution in [1.82, 2.24) is 10.2 Å². The summed E-state index contributed by atoms with van der Waals surface area (Å²) in [4.78, 5) is 2.75. The van der Waals surface area contributed by atoms with Gasteiger partial charge in [0.15, 0.2) is 0 Å². The quantitative estimate of drug-likeness (QED) is 0.618. The molecule has 0 spiro atoms. The van der Waals surface area contributed by atoms with Crippen LogP contribution < -0.4 is 5.32 Å². The highest BCUT2D eigenvalue weighted by Crippen LogP contribution is 2.25. The van der Waals surface area contributed by atoms with Gasteiger partial charge in [-0.25, -0.2) is 0 Å². The Morgan fingerprint density at radius 2 is 1.89 bits per heavy atom. The lowest BCUT2D eigenvalue weighted by Gasteiger charge is -2.36. The highest BCUT2D eigenvalue weighted by molar-refractivity contribution is 4.82. The molecule has 0 aromatic carbocycles. The monoisotopic (exact) mass is 270 g/mol. The fraction of sp³-hybridized carbons (Fsp3) is 1.00. The standard InChI is InChI=1S/C16H34N2O/c1-14(2)13-18(16-8-5-6-9-16)15(3)12-17-10-7-11-19-4/h14-17H,5-13H2,1-4H3. The fourth-order valence-electron chi connectivity index (χ4n) is 3.12. The van der Waals surface area contributed by atoms with Gasteiger partial charge >= 0.3 is 0 Å². The first-order chi connectivity index (χ1) is 9.15. The lowest BCUT2D eigenvalue weighted by molar-refractivity contribution is 0.125. The van der Waals surface area contributed by atoms with Gasteiger partial charge in [0, 0.05) is 38.9 Å². The van der Waals surface area contributed by atoms with Crippen LogP contribution in [0.1, 0.15) is 52.9 Å². The molecule has 1 atom stereocenters. The van der Waals surface area contributed by atoms with Crippen molar-refractivity contribution in [3.63, 3.8) is 0 Å². The predicted molar refractivity (Wildman–Crippen MR) is 82.6 cm³/mol. The molecule has 1 rings (SSSR count). The Balaban J connectivity index is 2.31. The molecule has 0 heterocycles. The van der Waals surface area contributed by atoms with Crippen LogP contribution in [0.2, 0.25) is 0 Å². The van der Waals surface area contributed by atoms with Crippen LogP contribution >= 0.6 is 0 Å². The number of methoxy groups -OCH3 is 1. The van der Waals surface area contributed by atoms with Gasteiger partial charge in [-0.1, -0.05) is 26.7 Å². The smallest absolute Gasteiger partial charge is 0.0474 e. The molecule has 0 aromatic rings. The van der Waals surface area contributed by atoms with Crippen LogP contribution in [0.5, 0.6) is 0 Å². The summed E-state index contributed by atoms with van der Waals surface area (Å²) in [5, 5.41) is 3.58. The SMILES string of the molecule is COCCCNCC(C)N(CC(C)C)C1CCCC1. The number of hydrogen-bond acceptors (Lipinski definition) is 3. The Hall–Kier alpha value is -0.120. The molecule has 1 aliphatic carbocycles. The zero-order chi connectivity index (χ0) is 14.1. The second-order valence-electron chi connectivity index (χ2n) is 6.43. The summed E-state index contributed by atoms with van der Waals surface area (Å²) in [5.41, 5.74) is 0. The van der Waals surface area contributed by atoms with E-state index in [1.165, 1.54) is 32.2 Å². The molecule has 0 amide bonds. The maximum atomic E-state index is 5.08. The van der Waals surface area contributed by atoms with E-state index in [-0.39, 0.29) is 0 Å². The van der Waals surface area contributed by atoms with Crippen molar-refractivity contribution in [2.45, 2.75) is 65.0 Å². The molecule has 0 saturated heterocycles. The highest BCUT2D eigenvalue weighted by atomic mass is 16.5. The van der Waals surface area contributed by atoms with Gasteiger partial charge in [-0.2, -0.15) is 0 Å². The van der Waals surface area contributed by atoms with Crippen molar-refractivity contribution in [2.75, 3.05) is 33.4 Å². The average molecular weight is 270 g/mol. The third kappa shape index (κ3) is 6.73. The van der Waals surface area contributed by atoms with Gasteiger partial charge in [0.2, 0.25) is 0 Å². The van der Waals surface area contributed by atoms with Crippen molar-refractivity contribution in [2.24, 2.45) is 5.92 Å². The Kier molecular flexibility index (Phi) is 8.67. The van der Waals surface area contributed by atoms with E-state index < -0.39 is 0 Å². The summed E-state index contributed by atoms with van der Waals surface area (Å²) < 4.78 is 5.08. The van der Waals surface area contributed by atoms with E-state index in [1.54, 1.807) is 7.11 Å². The van der Waals surface area contributed by atoms with Crippen molar-refractivity contribution in [3.05, 3.63) is 0 Å². The minimum absolute atomic E-state index is 0.646. The number of nitrogens with one attached hydrogen (secondary N) is 1. The summed E-state index contributed by atoms with van der Waals surface area (Å²) >= 11 is 0. The fourth-order valence-corrected chi connectivity index (χ4v) is 3.12. The van der Waals surface area contributed by atoms with Crippen LogP contribution in [0.25, 0.3) is 0 Å². The Bertz CT molecular complexity index is 215. The average Bonchev–Trinajstić information content (AvgIpc) is 2.89. The number of nitrogens with zero attached hydrogens (tertiary/aromatic N) is 1. The first-order valence-corrected chi connectivity index (χ1v) is 8.10. The van der Waals surface area contributed by atoms with E-state index in [4.69, 9.17) is 4.74 Å². The van der Waals surface area contributed by atoms with Gasteiger partial charge in [0.25, 0.3) is 0 Å². The highest BCUT2D eigenvalue weighted by Gasteiger charge is 2.26. The molecule has 1 fully saturated rings. The van der Waals surface area contributed by atoms with Crippen LogP contribution in [-0.4, -0.2) is 50.3 Å². The minimum atomic E-state index is 0.646. The second kappa shape index (κ2) is 9.73. The number of hydrogen-bond donors (Lipinski definition) is 1. The van der Waals surface area contributed by atoms with Gasteiger partial charge in [0.05, 0.1) is 0 Å². The molecule has 0 radical (unpaired) electrons. The van der Waals surface area contributed by atoms with E-state index in [0.29, 0.717) is 6.04 Å². The van der Waals surface area contributed by atoms with Gasteiger partial charge in [-0.3, -0.25) is 4.90 Å². The van der Waals surface area contributed by atoms with E-state index in [9.17, 15) is 0 Å². The molecule has 19 heavy (non-hydrogen) atoms. The maximum Gasteiger partial charge on any atom is 0.0474 e. The second-order valence-corrected chi connectivity index (χ2v) is 6.43. The summed E-state index contributed by atoms with van der Waals surface area (Å²) in [6.07, 6.45) is 6.76. The normalized spacial score (nSPS) is 18.6. The van der Waals surface area contributed by atoms with E-state index in [1.807, 2.05) is 0 Å². The van der Waals surface area contributed by atoms with Gasteiger partial charge in [0.1, 0.15) is 0 Å². The molecule has 0 bridgehead atoms. The van der Waals surface area contributed by atoms with E-state index in [0.717, 1.165) is 38.1 Å². The molecule has 114 valence electrons. The van der Waals surface area contributed by atoms with E-state index in [2.05, 4.69) is 31.0 Å². The molecule has 0 aromatic heterocycles. The van der Waals surface area contributed by atoms with Crippen LogP contribution in [0.3, 0.4) is 0 Å². The molecule has 1 aliphatic rings. The van der Waals surface area contributed by atoms with Crippen molar-refractivity contribution >= 4 is 0 Å². The summed E-state index contributed by atoms with van der Waals surface area (Å²) in [6.45, 7) is 11.3. The summed E-state index contributed by atoms with van der Waals surface area (Å²) in [5.74, 6) is 0.761. The lowest BCUT2D eigenvalue weighted by atomic mass is 10.1. The minimum Gasteiger partial charge on any atom is -0.385 e. The topological polar surface area (TPSA) is 24.5 Å². The predicted octanol–water partition coefficient (Wildman–Crippen LogP) is 2.90. The van der Waals surface area contributed by atoms with Crippen LogP contribution in [0.15, 0.2) is 0 Å². The number of ether oxygens (including phenoxy) is 1. The largest absolute Gasteiger partial charge is 0.385 e. The summed E-state index contributed by atoms with van der Waals surface area (Å²) in [7, 11) is 1.77.